The van der Waals surface area contributed by atoms with Crippen LogP contribution in [-0.2, 0) is 14.3 Å². The first kappa shape index (κ1) is 15.0. The van der Waals surface area contributed by atoms with Gasteiger partial charge in [0.05, 0.1) is 6.04 Å². The highest BCUT2D eigenvalue weighted by molar-refractivity contribution is 9.10. The van der Waals surface area contributed by atoms with Gasteiger partial charge in [0.15, 0.2) is 6.10 Å². The van der Waals surface area contributed by atoms with Gasteiger partial charge >= 0.3 is 5.97 Å². The van der Waals surface area contributed by atoms with Gasteiger partial charge in [0.25, 0.3) is 0 Å². The highest BCUT2D eigenvalue weighted by Crippen LogP contribution is 2.22. The molecule has 0 spiro atoms. The van der Waals surface area contributed by atoms with Gasteiger partial charge in [0.2, 0.25) is 5.91 Å². The van der Waals surface area contributed by atoms with Crippen LogP contribution in [0.25, 0.3) is 0 Å². The van der Waals surface area contributed by atoms with E-state index >= 15 is 0 Å². The minimum Gasteiger partial charge on any atom is -0.479 e. The number of benzene rings is 1. The van der Waals surface area contributed by atoms with Crippen molar-refractivity contribution in [3.05, 3.63) is 34.3 Å². The van der Waals surface area contributed by atoms with E-state index in [4.69, 9.17) is 9.84 Å². The fourth-order valence-electron chi connectivity index (χ4n) is 2.15. The molecule has 1 saturated heterocycles. The average molecular weight is 342 g/mol. The lowest BCUT2D eigenvalue weighted by atomic mass is 10.1. The zero-order chi connectivity index (χ0) is 14.7. The zero-order valence-electron chi connectivity index (χ0n) is 11.0. The van der Waals surface area contributed by atoms with Gasteiger partial charge in [0.1, 0.15) is 6.10 Å². The van der Waals surface area contributed by atoms with Crippen molar-refractivity contribution < 1.29 is 19.4 Å². The van der Waals surface area contributed by atoms with E-state index in [0.717, 1.165) is 10.0 Å². The quantitative estimate of drug-likeness (QED) is 0.880. The predicted molar refractivity (Wildman–Crippen MR) is 76.2 cm³/mol. The lowest BCUT2D eigenvalue weighted by Crippen LogP contribution is -2.37. The van der Waals surface area contributed by atoms with E-state index in [-0.39, 0.29) is 11.9 Å². The molecule has 1 fully saturated rings. The molecular weight excluding hydrogens is 326 g/mol. The molecule has 2 rings (SSSR count). The number of carbonyl (C=O) groups excluding carboxylic acids is 1. The van der Waals surface area contributed by atoms with Crippen molar-refractivity contribution in [1.29, 1.82) is 0 Å². The Hall–Kier alpha value is -1.40. The molecule has 5 nitrogen and oxygen atoms in total. The van der Waals surface area contributed by atoms with Crippen LogP contribution in [0.15, 0.2) is 28.7 Å². The molecule has 0 saturated carbocycles. The summed E-state index contributed by atoms with van der Waals surface area (Å²) in [5.74, 6) is -1.27. The van der Waals surface area contributed by atoms with Gasteiger partial charge in [-0.15, -0.1) is 0 Å². The van der Waals surface area contributed by atoms with E-state index in [9.17, 15) is 9.59 Å². The number of rotatable bonds is 4. The SMILES string of the molecule is CC(NC(=O)[C@@H]1CC[C@H](C(=O)O)O1)c1ccc(Br)cc1. The molecule has 3 atom stereocenters. The number of hydrogen-bond donors (Lipinski definition) is 2. The third-order valence-electron chi connectivity index (χ3n) is 3.32. The molecule has 108 valence electrons. The van der Waals surface area contributed by atoms with Gasteiger partial charge in [-0.1, -0.05) is 28.1 Å². The molecule has 20 heavy (non-hydrogen) atoms. The van der Waals surface area contributed by atoms with E-state index < -0.39 is 18.2 Å². The molecule has 0 aliphatic carbocycles. The Balaban J connectivity index is 1.91. The average Bonchev–Trinajstić information content (AvgIpc) is 2.89. The molecule has 1 amide bonds. The molecule has 0 radical (unpaired) electrons. The smallest absolute Gasteiger partial charge is 0.332 e. The number of amides is 1. The lowest BCUT2D eigenvalue weighted by molar-refractivity contribution is -0.151. The minimum absolute atomic E-state index is 0.150. The van der Waals surface area contributed by atoms with Crippen molar-refractivity contribution in [3.8, 4) is 0 Å². The second kappa shape index (κ2) is 6.37. The van der Waals surface area contributed by atoms with Crippen molar-refractivity contribution in [3.63, 3.8) is 0 Å². The summed E-state index contributed by atoms with van der Waals surface area (Å²) in [6, 6.07) is 7.51. The highest BCUT2D eigenvalue weighted by atomic mass is 79.9. The van der Waals surface area contributed by atoms with Crippen LogP contribution in [0.3, 0.4) is 0 Å². The summed E-state index contributed by atoms with van der Waals surface area (Å²) in [7, 11) is 0. The third kappa shape index (κ3) is 3.58. The van der Waals surface area contributed by atoms with Crippen LogP contribution < -0.4 is 5.32 Å². The fourth-order valence-corrected chi connectivity index (χ4v) is 2.42. The van der Waals surface area contributed by atoms with Gasteiger partial charge in [-0.05, 0) is 37.5 Å². The number of carboxylic acids is 1. The van der Waals surface area contributed by atoms with Crippen LogP contribution in [0.1, 0.15) is 31.4 Å². The van der Waals surface area contributed by atoms with Gasteiger partial charge in [0, 0.05) is 4.47 Å². The Labute approximate surface area is 125 Å². The fraction of sp³-hybridized carbons (Fsp3) is 0.429. The van der Waals surface area contributed by atoms with E-state index in [1.807, 2.05) is 31.2 Å². The standard InChI is InChI=1S/C14H16BrNO4/c1-8(9-2-4-10(15)5-3-9)16-13(17)11-6-7-12(20-11)14(18)19/h2-5,8,11-12H,6-7H2,1H3,(H,16,17)(H,18,19)/t8?,11-,12+/m0/s1. The number of ether oxygens (including phenoxy) is 1. The second-order valence-corrected chi connectivity index (χ2v) is 5.73. The lowest BCUT2D eigenvalue weighted by Gasteiger charge is -2.17. The number of carboxylic acid groups (broad SMARTS) is 1. The molecule has 1 aromatic carbocycles. The van der Waals surface area contributed by atoms with E-state index in [1.165, 1.54) is 0 Å². The monoisotopic (exact) mass is 341 g/mol. The maximum Gasteiger partial charge on any atom is 0.332 e. The summed E-state index contributed by atoms with van der Waals surface area (Å²) >= 11 is 3.36. The zero-order valence-corrected chi connectivity index (χ0v) is 12.6. The summed E-state index contributed by atoms with van der Waals surface area (Å²) in [5.41, 5.74) is 0.981. The van der Waals surface area contributed by atoms with E-state index in [0.29, 0.717) is 12.8 Å². The summed E-state index contributed by atoms with van der Waals surface area (Å²) in [6.45, 7) is 1.88. The minimum atomic E-state index is -1.01. The molecule has 0 aromatic heterocycles. The van der Waals surface area contributed by atoms with Gasteiger partial charge in [-0.3, -0.25) is 4.79 Å². The maximum atomic E-state index is 12.0. The molecule has 1 aliphatic heterocycles. The summed E-state index contributed by atoms with van der Waals surface area (Å²) in [5, 5.41) is 11.7. The summed E-state index contributed by atoms with van der Waals surface area (Å²) < 4.78 is 6.20. The molecule has 2 N–H and O–H groups in total. The Morgan fingerprint density at radius 2 is 1.90 bits per heavy atom. The van der Waals surface area contributed by atoms with Gasteiger partial charge < -0.3 is 15.2 Å². The van der Waals surface area contributed by atoms with Crippen LogP contribution in [0.4, 0.5) is 0 Å². The van der Waals surface area contributed by atoms with Crippen LogP contribution in [0.5, 0.6) is 0 Å². The first-order valence-corrected chi connectivity index (χ1v) is 7.21. The Morgan fingerprint density at radius 1 is 1.30 bits per heavy atom. The number of carbonyl (C=O) groups is 2. The molecule has 6 heteroatoms. The Kier molecular flexibility index (Phi) is 4.77. The Bertz CT molecular complexity index is 502. The number of nitrogens with one attached hydrogen (secondary N) is 1. The van der Waals surface area contributed by atoms with Crippen molar-refractivity contribution in [2.75, 3.05) is 0 Å². The molecule has 1 unspecified atom stereocenters. The number of aliphatic carboxylic acids is 1. The van der Waals surface area contributed by atoms with Crippen LogP contribution in [-0.4, -0.2) is 29.2 Å². The molecule has 1 heterocycles. The van der Waals surface area contributed by atoms with Crippen LogP contribution in [0, 0.1) is 0 Å². The van der Waals surface area contributed by atoms with Crippen molar-refractivity contribution >= 4 is 27.8 Å². The highest BCUT2D eigenvalue weighted by Gasteiger charge is 2.35. The molecule has 0 bridgehead atoms. The number of halogens is 1. The topological polar surface area (TPSA) is 75.6 Å². The first-order chi connectivity index (χ1) is 9.47. The largest absolute Gasteiger partial charge is 0.479 e. The second-order valence-electron chi connectivity index (χ2n) is 4.81. The van der Waals surface area contributed by atoms with E-state index in [1.54, 1.807) is 0 Å². The third-order valence-corrected chi connectivity index (χ3v) is 3.84. The van der Waals surface area contributed by atoms with Crippen molar-refractivity contribution in [1.82, 2.24) is 5.32 Å². The molecular formula is C14H16BrNO4. The predicted octanol–water partition coefficient (Wildman–Crippen LogP) is 2.26. The first-order valence-electron chi connectivity index (χ1n) is 6.41. The van der Waals surface area contributed by atoms with Gasteiger partial charge in [-0.2, -0.15) is 0 Å². The number of hydrogen-bond acceptors (Lipinski definition) is 3. The van der Waals surface area contributed by atoms with Gasteiger partial charge in [-0.25, -0.2) is 4.79 Å². The maximum absolute atomic E-state index is 12.0. The molecule has 1 aliphatic rings. The summed E-state index contributed by atoms with van der Waals surface area (Å²) in [6.07, 6.45) is -0.724. The van der Waals surface area contributed by atoms with Crippen LogP contribution in [0.2, 0.25) is 0 Å². The Morgan fingerprint density at radius 3 is 2.45 bits per heavy atom. The summed E-state index contributed by atoms with van der Waals surface area (Å²) in [4.78, 5) is 22.8. The van der Waals surface area contributed by atoms with Crippen molar-refractivity contribution in [2.45, 2.75) is 38.0 Å². The normalized spacial score (nSPS) is 23.3. The molecule has 1 aromatic rings. The van der Waals surface area contributed by atoms with Crippen molar-refractivity contribution in [2.24, 2.45) is 0 Å². The van der Waals surface area contributed by atoms with Crippen LogP contribution >= 0.6 is 15.9 Å². The van der Waals surface area contributed by atoms with E-state index in [2.05, 4.69) is 21.2 Å².